The summed E-state index contributed by atoms with van der Waals surface area (Å²) in [5.41, 5.74) is 1.11. The van der Waals surface area contributed by atoms with Gasteiger partial charge in [0.25, 0.3) is 0 Å². The molecule has 0 aliphatic carbocycles. The predicted octanol–water partition coefficient (Wildman–Crippen LogP) is 0.841. The second-order valence-electron chi connectivity index (χ2n) is 4.59. The van der Waals surface area contributed by atoms with Crippen LogP contribution in [0.25, 0.3) is 0 Å². The van der Waals surface area contributed by atoms with Crippen molar-refractivity contribution in [2.24, 2.45) is 0 Å². The number of carbonyl (C=O) groups excluding carboxylic acids is 1. The first-order valence-electron chi connectivity index (χ1n) is 6.05. The Labute approximate surface area is 123 Å². The number of carboxylic acids is 1. The minimum absolute atomic E-state index is 0.0870. The topological polar surface area (TPSA) is 110 Å². The van der Waals surface area contributed by atoms with E-state index in [1.165, 1.54) is 26.2 Å². The molecule has 0 spiro atoms. The van der Waals surface area contributed by atoms with Gasteiger partial charge in [-0.1, -0.05) is 0 Å². The Kier molecular flexibility index (Phi) is 5.08. The monoisotopic (exact) mass is 315 g/mol. The standard InChI is InChI=1S/C13H17NO6S/c1-7-5-10(13(17)20-4)6-11(8(7)2)21(18,19)14-9(3)12(15)16/h5-6,9,14H,1-4H3,(H,15,16). The number of rotatable bonds is 5. The molecule has 0 radical (unpaired) electrons. The highest BCUT2D eigenvalue weighted by atomic mass is 32.2. The summed E-state index contributed by atoms with van der Waals surface area (Å²) >= 11 is 0. The third-order valence-electron chi connectivity index (χ3n) is 3.03. The SMILES string of the molecule is COC(=O)c1cc(C)c(C)c(S(=O)(=O)NC(C)C(=O)O)c1. The Balaban J connectivity index is 3.38. The van der Waals surface area contributed by atoms with Crippen molar-refractivity contribution in [3.8, 4) is 0 Å². The van der Waals surface area contributed by atoms with Crippen LogP contribution < -0.4 is 4.72 Å². The van der Waals surface area contributed by atoms with E-state index >= 15 is 0 Å². The van der Waals surface area contributed by atoms with E-state index in [4.69, 9.17) is 5.11 Å². The number of carbonyl (C=O) groups is 2. The zero-order chi connectivity index (χ0) is 16.4. The van der Waals surface area contributed by atoms with Gasteiger partial charge in [-0.2, -0.15) is 4.72 Å². The van der Waals surface area contributed by atoms with Gasteiger partial charge in [-0.25, -0.2) is 13.2 Å². The second-order valence-corrected chi connectivity index (χ2v) is 6.27. The van der Waals surface area contributed by atoms with E-state index < -0.39 is 28.0 Å². The summed E-state index contributed by atoms with van der Waals surface area (Å²) in [6.07, 6.45) is 0. The number of sulfonamides is 1. The van der Waals surface area contributed by atoms with E-state index in [0.29, 0.717) is 11.1 Å². The first-order valence-corrected chi connectivity index (χ1v) is 7.53. The van der Waals surface area contributed by atoms with Crippen LogP contribution in [0.2, 0.25) is 0 Å². The average molecular weight is 315 g/mol. The number of nitrogens with one attached hydrogen (secondary N) is 1. The van der Waals surface area contributed by atoms with Gasteiger partial charge in [-0.3, -0.25) is 4.79 Å². The first kappa shape index (κ1) is 17.1. The molecule has 1 aromatic carbocycles. The van der Waals surface area contributed by atoms with Crippen molar-refractivity contribution in [3.63, 3.8) is 0 Å². The largest absolute Gasteiger partial charge is 0.480 e. The minimum atomic E-state index is -4.06. The van der Waals surface area contributed by atoms with Gasteiger partial charge in [-0.05, 0) is 44.0 Å². The number of ether oxygens (including phenoxy) is 1. The van der Waals surface area contributed by atoms with Gasteiger partial charge in [-0.15, -0.1) is 0 Å². The lowest BCUT2D eigenvalue weighted by atomic mass is 10.1. The zero-order valence-corrected chi connectivity index (χ0v) is 12.9. The lowest BCUT2D eigenvalue weighted by molar-refractivity contribution is -0.138. The molecule has 1 rings (SSSR count). The van der Waals surface area contributed by atoms with Crippen LogP contribution in [-0.4, -0.2) is 38.6 Å². The van der Waals surface area contributed by atoms with Crippen LogP contribution in [0, 0.1) is 13.8 Å². The van der Waals surface area contributed by atoms with E-state index in [2.05, 4.69) is 4.74 Å². The number of hydrogen-bond acceptors (Lipinski definition) is 5. The molecule has 8 heteroatoms. The fourth-order valence-corrected chi connectivity index (χ4v) is 3.23. The van der Waals surface area contributed by atoms with Crippen molar-refractivity contribution >= 4 is 22.0 Å². The molecule has 0 saturated carbocycles. The number of hydrogen-bond donors (Lipinski definition) is 2. The molecule has 1 aromatic rings. The van der Waals surface area contributed by atoms with Crippen molar-refractivity contribution in [2.75, 3.05) is 7.11 Å². The normalized spacial score (nSPS) is 12.8. The molecule has 0 amide bonds. The molecule has 0 heterocycles. The van der Waals surface area contributed by atoms with E-state index in [-0.39, 0.29) is 10.5 Å². The minimum Gasteiger partial charge on any atom is -0.480 e. The summed E-state index contributed by atoms with van der Waals surface area (Å²) in [6.45, 7) is 4.45. The van der Waals surface area contributed by atoms with Crippen molar-refractivity contribution in [1.82, 2.24) is 4.72 Å². The van der Waals surface area contributed by atoms with Crippen molar-refractivity contribution in [3.05, 3.63) is 28.8 Å². The maximum Gasteiger partial charge on any atom is 0.337 e. The third kappa shape index (κ3) is 3.79. The second kappa shape index (κ2) is 6.23. The first-order chi connectivity index (χ1) is 9.60. The molecule has 1 atom stereocenters. The van der Waals surface area contributed by atoms with Crippen LogP contribution in [0.15, 0.2) is 17.0 Å². The lowest BCUT2D eigenvalue weighted by Crippen LogP contribution is -2.38. The molecule has 0 saturated heterocycles. The number of methoxy groups -OCH3 is 1. The highest BCUT2D eigenvalue weighted by Gasteiger charge is 2.25. The van der Waals surface area contributed by atoms with Crippen molar-refractivity contribution in [1.29, 1.82) is 0 Å². The van der Waals surface area contributed by atoms with Crippen LogP contribution in [0.1, 0.15) is 28.4 Å². The van der Waals surface area contributed by atoms with Gasteiger partial charge >= 0.3 is 11.9 Å². The van der Waals surface area contributed by atoms with Gasteiger partial charge < -0.3 is 9.84 Å². The van der Waals surface area contributed by atoms with E-state index in [1.54, 1.807) is 13.8 Å². The third-order valence-corrected chi connectivity index (χ3v) is 4.70. The molecule has 0 aliphatic heterocycles. The number of esters is 1. The molecule has 21 heavy (non-hydrogen) atoms. The Bertz CT molecular complexity index is 680. The molecule has 0 fully saturated rings. The molecule has 0 bridgehead atoms. The maximum absolute atomic E-state index is 12.3. The van der Waals surface area contributed by atoms with Gasteiger partial charge in [0.2, 0.25) is 10.0 Å². The summed E-state index contributed by atoms with van der Waals surface area (Å²) in [5.74, 6) is -1.96. The van der Waals surface area contributed by atoms with Gasteiger partial charge in [0.05, 0.1) is 17.6 Å². The Morgan fingerprint density at radius 1 is 1.29 bits per heavy atom. The molecule has 0 aromatic heterocycles. The van der Waals surface area contributed by atoms with Crippen LogP contribution in [-0.2, 0) is 19.6 Å². The molecule has 7 nitrogen and oxygen atoms in total. The van der Waals surface area contributed by atoms with E-state index in [1.807, 2.05) is 4.72 Å². The van der Waals surface area contributed by atoms with E-state index in [9.17, 15) is 18.0 Å². The molecule has 116 valence electrons. The number of aliphatic carboxylic acids is 1. The predicted molar refractivity (Wildman–Crippen MR) is 74.7 cm³/mol. The Morgan fingerprint density at radius 2 is 1.86 bits per heavy atom. The Morgan fingerprint density at radius 3 is 2.33 bits per heavy atom. The van der Waals surface area contributed by atoms with Crippen LogP contribution in [0.3, 0.4) is 0 Å². The van der Waals surface area contributed by atoms with Crippen LogP contribution in [0.5, 0.6) is 0 Å². The number of benzene rings is 1. The van der Waals surface area contributed by atoms with Crippen LogP contribution >= 0.6 is 0 Å². The zero-order valence-electron chi connectivity index (χ0n) is 12.1. The van der Waals surface area contributed by atoms with Crippen LogP contribution in [0.4, 0.5) is 0 Å². The fourth-order valence-electron chi connectivity index (χ4n) is 1.69. The highest BCUT2D eigenvalue weighted by molar-refractivity contribution is 7.89. The summed E-state index contributed by atoms with van der Waals surface area (Å²) in [4.78, 5) is 22.2. The van der Waals surface area contributed by atoms with Gasteiger partial charge in [0.1, 0.15) is 6.04 Å². The summed E-state index contributed by atoms with van der Waals surface area (Å²) < 4.78 is 31.1. The lowest BCUT2D eigenvalue weighted by Gasteiger charge is -2.14. The smallest absolute Gasteiger partial charge is 0.337 e. The summed E-state index contributed by atoms with van der Waals surface area (Å²) in [7, 11) is -2.87. The van der Waals surface area contributed by atoms with E-state index in [0.717, 1.165) is 0 Å². The maximum atomic E-state index is 12.3. The Hall–Kier alpha value is -1.93. The molecule has 0 aliphatic rings. The summed E-state index contributed by atoms with van der Waals surface area (Å²) in [5, 5.41) is 8.80. The number of aryl methyl sites for hydroxylation is 1. The average Bonchev–Trinajstić information content (AvgIpc) is 2.39. The summed E-state index contributed by atoms with van der Waals surface area (Å²) in [6, 6.07) is 1.41. The van der Waals surface area contributed by atoms with Gasteiger partial charge in [0.15, 0.2) is 0 Å². The van der Waals surface area contributed by atoms with Crippen molar-refractivity contribution < 1.29 is 27.9 Å². The van der Waals surface area contributed by atoms with Gasteiger partial charge in [0, 0.05) is 0 Å². The van der Waals surface area contributed by atoms with Crippen molar-refractivity contribution in [2.45, 2.75) is 31.7 Å². The molecule has 2 N–H and O–H groups in total. The quantitative estimate of drug-likeness (QED) is 0.779. The molecular weight excluding hydrogens is 298 g/mol. The molecule has 1 unspecified atom stereocenters. The number of carboxylic acid groups (broad SMARTS) is 1. The fraction of sp³-hybridized carbons (Fsp3) is 0.385. The molecular formula is C13H17NO6S. The highest BCUT2D eigenvalue weighted by Crippen LogP contribution is 2.22.